The van der Waals surface area contributed by atoms with Gasteiger partial charge in [0, 0.05) is 21.2 Å². The van der Waals surface area contributed by atoms with Crippen molar-refractivity contribution < 1.29 is 0 Å². The molecule has 6 aromatic carbocycles. The first-order valence-electron chi connectivity index (χ1n) is 12.2. The highest BCUT2D eigenvalue weighted by Gasteiger charge is 2.11. The summed E-state index contributed by atoms with van der Waals surface area (Å²) < 4.78 is 2.60. The van der Waals surface area contributed by atoms with Gasteiger partial charge in [0.25, 0.3) is 0 Å². The minimum atomic E-state index is 1.09. The number of anilines is 2. The molecule has 0 aliphatic carbocycles. The van der Waals surface area contributed by atoms with Crippen molar-refractivity contribution in [2.45, 2.75) is 0 Å². The molecule has 0 spiro atoms. The first-order valence-corrected chi connectivity index (χ1v) is 13.0. The van der Waals surface area contributed by atoms with E-state index in [9.17, 15) is 0 Å². The van der Waals surface area contributed by atoms with Crippen LogP contribution in [0.3, 0.4) is 0 Å². The topological polar surface area (TPSA) is 12.0 Å². The largest absolute Gasteiger partial charge is 0.354 e. The summed E-state index contributed by atoms with van der Waals surface area (Å²) in [6, 6.07) is 47.9. The normalized spacial score (nSPS) is 11.3. The van der Waals surface area contributed by atoms with E-state index in [-0.39, 0.29) is 0 Å². The summed E-state index contributed by atoms with van der Waals surface area (Å²) in [4.78, 5) is 0. The van der Waals surface area contributed by atoms with Crippen molar-refractivity contribution in [1.82, 2.24) is 0 Å². The van der Waals surface area contributed by atoms with Crippen LogP contribution in [0.25, 0.3) is 53.2 Å². The standard InChI is InChI=1S/C34H23NS/c1-2-7-23(8-3-1)28-17-20-33-31(22-28)30-11-6-12-32(34(30)36-33)35-29-18-15-25(16-19-29)27-14-13-24-9-4-5-10-26(24)21-27/h1-22,35H. The Balaban J connectivity index is 1.22. The zero-order valence-corrected chi connectivity index (χ0v) is 20.4. The summed E-state index contributed by atoms with van der Waals surface area (Å²) in [5, 5.41) is 8.82. The van der Waals surface area contributed by atoms with Crippen LogP contribution < -0.4 is 5.32 Å². The Morgan fingerprint density at radius 1 is 0.444 bits per heavy atom. The molecule has 0 atom stereocenters. The lowest BCUT2D eigenvalue weighted by Crippen LogP contribution is -1.90. The van der Waals surface area contributed by atoms with Gasteiger partial charge in [-0.15, -0.1) is 11.3 Å². The van der Waals surface area contributed by atoms with Crippen LogP contribution in [0, 0.1) is 0 Å². The minimum Gasteiger partial charge on any atom is -0.354 e. The predicted molar refractivity (Wildman–Crippen MR) is 157 cm³/mol. The quantitative estimate of drug-likeness (QED) is 0.266. The van der Waals surface area contributed by atoms with Crippen LogP contribution in [-0.2, 0) is 0 Å². The van der Waals surface area contributed by atoms with Crippen molar-refractivity contribution in [2.24, 2.45) is 0 Å². The van der Waals surface area contributed by atoms with Crippen LogP contribution in [0.5, 0.6) is 0 Å². The van der Waals surface area contributed by atoms with Crippen molar-refractivity contribution in [3.63, 3.8) is 0 Å². The summed E-state index contributed by atoms with van der Waals surface area (Å²) >= 11 is 1.85. The fourth-order valence-corrected chi connectivity index (χ4v) is 6.13. The lowest BCUT2D eigenvalue weighted by atomic mass is 10.0. The van der Waals surface area contributed by atoms with Crippen LogP contribution in [0.15, 0.2) is 133 Å². The maximum Gasteiger partial charge on any atom is 0.0590 e. The average Bonchev–Trinajstić information content (AvgIpc) is 3.33. The fraction of sp³-hybridized carbons (Fsp3) is 0. The van der Waals surface area contributed by atoms with Crippen LogP contribution >= 0.6 is 11.3 Å². The molecule has 170 valence electrons. The Hall–Kier alpha value is -4.40. The highest BCUT2D eigenvalue weighted by atomic mass is 32.1. The SMILES string of the molecule is c1ccc(-c2ccc3sc4c(Nc5ccc(-c6ccc7ccccc7c6)cc5)cccc4c3c2)cc1. The molecule has 36 heavy (non-hydrogen) atoms. The molecule has 0 aliphatic heterocycles. The first-order chi connectivity index (χ1) is 17.8. The lowest BCUT2D eigenvalue weighted by molar-refractivity contribution is 1.57. The third-order valence-electron chi connectivity index (χ3n) is 6.85. The summed E-state index contributed by atoms with van der Waals surface area (Å²) in [5.41, 5.74) is 7.20. The molecule has 1 heterocycles. The number of hydrogen-bond acceptors (Lipinski definition) is 2. The van der Waals surface area contributed by atoms with Gasteiger partial charge in [-0.1, -0.05) is 97.1 Å². The summed E-state index contributed by atoms with van der Waals surface area (Å²) in [6.07, 6.45) is 0. The summed E-state index contributed by atoms with van der Waals surface area (Å²) in [7, 11) is 0. The number of fused-ring (bicyclic) bond motifs is 4. The van der Waals surface area contributed by atoms with Gasteiger partial charge in [-0.3, -0.25) is 0 Å². The molecule has 2 heteroatoms. The third-order valence-corrected chi connectivity index (χ3v) is 8.07. The molecule has 7 rings (SSSR count). The second kappa shape index (κ2) is 8.67. The molecule has 0 radical (unpaired) electrons. The second-order valence-electron chi connectivity index (χ2n) is 9.13. The van der Waals surface area contributed by atoms with E-state index < -0.39 is 0 Å². The number of thiophene rings is 1. The number of hydrogen-bond donors (Lipinski definition) is 1. The van der Waals surface area contributed by atoms with E-state index in [4.69, 9.17) is 0 Å². The molecule has 1 nitrogen and oxygen atoms in total. The Kier molecular flexibility index (Phi) is 5.04. The van der Waals surface area contributed by atoms with E-state index in [0.717, 1.165) is 11.4 Å². The monoisotopic (exact) mass is 477 g/mol. The number of benzene rings is 6. The highest BCUT2D eigenvalue weighted by molar-refractivity contribution is 7.26. The molecule has 0 saturated heterocycles. The maximum atomic E-state index is 3.67. The number of nitrogens with one attached hydrogen (secondary N) is 1. The van der Waals surface area contributed by atoms with Crippen LogP contribution in [-0.4, -0.2) is 0 Å². The summed E-state index contributed by atoms with van der Waals surface area (Å²) in [5.74, 6) is 0. The first kappa shape index (κ1) is 20.9. The van der Waals surface area contributed by atoms with Crippen molar-refractivity contribution >= 4 is 53.7 Å². The van der Waals surface area contributed by atoms with E-state index in [1.54, 1.807) is 0 Å². The molecule has 0 fully saturated rings. The molecular formula is C34H23NS. The molecule has 0 aliphatic rings. The zero-order chi connectivity index (χ0) is 23.9. The molecule has 0 unspecified atom stereocenters. The van der Waals surface area contributed by atoms with Gasteiger partial charge >= 0.3 is 0 Å². The molecule has 1 N–H and O–H groups in total. The molecule has 1 aromatic heterocycles. The Labute approximate surface area is 214 Å². The molecular weight excluding hydrogens is 454 g/mol. The Morgan fingerprint density at radius 2 is 1.14 bits per heavy atom. The van der Waals surface area contributed by atoms with E-state index in [1.165, 1.54) is 53.2 Å². The Morgan fingerprint density at radius 3 is 2.00 bits per heavy atom. The van der Waals surface area contributed by atoms with E-state index in [0.29, 0.717) is 0 Å². The second-order valence-corrected chi connectivity index (χ2v) is 10.2. The van der Waals surface area contributed by atoms with Gasteiger partial charge in [0.15, 0.2) is 0 Å². The van der Waals surface area contributed by atoms with Gasteiger partial charge in [-0.2, -0.15) is 0 Å². The van der Waals surface area contributed by atoms with Crippen molar-refractivity contribution in [3.8, 4) is 22.3 Å². The van der Waals surface area contributed by atoms with Crippen LogP contribution in [0.4, 0.5) is 11.4 Å². The van der Waals surface area contributed by atoms with Gasteiger partial charge in [0.2, 0.25) is 0 Å². The van der Waals surface area contributed by atoms with Crippen molar-refractivity contribution in [3.05, 3.63) is 133 Å². The smallest absolute Gasteiger partial charge is 0.0590 e. The molecule has 7 aromatic rings. The van der Waals surface area contributed by atoms with Gasteiger partial charge in [0.1, 0.15) is 0 Å². The van der Waals surface area contributed by atoms with Gasteiger partial charge in [-0.25, -0.2) is 0 Å². The summed E-state index contributed by atoms with van der Waals surface area (Å²) in [6.45, 7) is 0. The predicted octanol–water partition coefficient (Wildman–Crippen LogP) is 10.3. The van der Waals surface area contributed by atoms with Gasteiger partial charge in [0.05, 0.1) is 10.4 Å². The van der Waals surface area contributed by atoms with Crippen molar-refractivity contribution in [2.75, 3.05) is 5.32 Å². The minimum absolute atomic E-state index is 1.09. The third kappa shape index (κ3) is 3.73. The molecule has 0 bridgehead atoms. The fourth-order valence-electron chi connectivity index (χ4n) is 4.98. The average molecular weight is 478 g/mol. The van der Waals surface area contributed by atoms with E-state index in [2.05, 4.69) is 139 Å². The Bertz CT molecular complexity index is 1850. The number of rotatable bonds is 4. The van der Waals surface area contributed by atoms with Crippen LogP contribution in [0.2, 0.25) is 0 Å². The lowest BCUT2D eigenvalue weighted by Gasteiger charge is -2.09. The van der Waals surface area contributed by atoms with Gasteiger partial charge < -0.3 is 5.32 Å². The highest BCUT2D eigenvalue weighted by Crippen LogP contribution is 2.40. The van der Waals surface area contributed by atoms with E-state index in [1.807, 2.05) is 11.3 Å². The zero-order valence-electron chi connectivity index (χ0n) is 19.6. The van der Waals surface area contributed by atoms with Gasteiger partial charge in [-0.05, 0) is 69.4 Å². The molecule has 0 saturated carbocycles. The van der Waals surface area contributed by atoms with Crippen LogP contribution in [0.1, 0.15) is 0 Å². The van der Waals surface area contributed by atoms with Crippen molar-refractivity contribution in [1.29, 1.82) is 0 Å². The molecule has 0 amide bonds. The van der Waals surface area contributed by atoms with E-state index >= 15 is 0 Å². The maximum absolute atomic E-state index is 3.67.